The Kier molecular flexibility index (Phi) is 5.79. The summed E-state index contributed by atoms with van der Waals surface area (Å²) in [6.45, 7) is 0.110. The van der Waals surface area contributed by atoms with Crippen molar-refractivity contribution in [3.8, 4) is 5.75 Å². The number of nitrogens with zero attached hydrogens (tertiary/aromatic N) is 1. The second-order valence-electron chi connectivity index (χ2n) is 5.26. The Labute approximate surface area is 155 Å². The molecule has 3 rings (SSSR count). The van der Waals surface area contributed by atoms with Crippen LogP contribution in [0.3, 0.4) is 0 Å². The molecule has 0 fully saturated rings. The van der Waals surface area contributed by atoms with Crippen molar-refractivity contribution in [2.24, 2.45) is 0 Å². The minimum absolute atomic E-state index is 0.110. The monoisotopic (exact) mass is 373 g/mol. The standard InChI is InChI=1S/C19H16ClNO3S/c1-23-15-6-8-16(9-7-15)25-12-18(22)24-11-14-10-13-4-2-3-5-17(13)21-19(14)20/h2-10H,11-12H2,1H3. The number of carbonyl (C=O) groups excluding carboxylic acids is 1. The van der Waals surface area contributed by atoms with Gasteiger partial charge in [-0.2, -0.15) is 0 Å². The van der Waals surface area contributed by atoms with Crippen molar-refractivity contribution < 1.29 is 14.3 Å². The number of para-hydroxylation sites is 1. The van der Waals surface area contributed by atoms with E-state index in [1.165, 1.54) is 11.8 Å². The Morgan fingerprint density at radius 3 is 2.68 bits per heavy atom. The van der Waals surface area contributed by atoms with Crippen LogP contribution in [0.4, 0.5) is 0 Å². The van der Waals surface area contributed by atoms with E-state index in [2.05, 4.69) is 4.98 Å². The number of aromatic nitrogens is 1. The van der Waals surface area contributed by atoms with Crippen LogP contribution in [0.1, 0.15) is 5.56 Å². The van der Waals surface area contributed by atoms with E-state index in [-0.39, 0.29) is 18.3 Å². The zero-order valence-corrected chi connectivity index (χ0v) is 15.1. The molecular weight excluding hydrogens is 358 g/mol. The third-order valence-electron chi connectivity index (χ3n) is 3.55. The first-order chi connectivity index (χ1) is 12.2. The lowest BCUT2D eigenvalue weighted by Gasteiger charge is -2.08. The first-order valence-electron chi connectivity index (χ1n) is 7.62. The number of halogens is 1. The van der Waals surface area contributed by atoms with Crippen LogP contribution in [0.15, 0.2) is 59.5 Å². The lowest BCUT2D eigenvalue weighted by atomic mass is 10.2. The Morgan fingerprint density at radius 2 is 1.92 bits per heavy atom. The number of pyridine rings is 1. The highest BCUT2D eigenvalue weighted by Crippen LogP contribution is 2.23. The molecule has 0 N–H and O–H groups in total. The number of hydrogen-bond donors (Lipinski definition) is 0. The van der Waals surface area contributed by atoms with Crippen LogP contribution in [-0.2, 0) is 16.1 Å². The average Bonchev–Trinajstić information content (AvgIpc) is 2.65. The van der Waals surface area contributed by atoms with Gasteiger partial charge in [-0.25, -0.2) is 4.98 Å². The number of rotatable bonds is 6. The van der Waals surface area contributed by atoms with E-state index >= 15 is 0 Å². The summed E-state index contributed by atoms with van der Waals surface area (Å²) in [4.78, 5) is 17.3. The zero-order valence-electron chi connectivity index (χ0n) is 13.6. The molecule has 0 aliphatic carbocycles. The molecule has 128 valence electrons. The lowest BCUT2D eigenvalue weighted by molar-refractivity contribution is -0.141. The Hall–Kier alpha value is -2.24. The molecule has 0 saturated heterocycles. The maximum absolute atomic E-state index is 12.0. The van der Waals surface area contributed by atoms with Gasteiger partial charge in [-0.3, -0.25) is 4.79 Å². The predicted octanol–water partition coefficient (Wildman–Crippen LogP) is 4.73. The van der Waals surface area contributed by atoms with Crippen molar-refractivity contribution >= 4 is 40.2 Å². The number of benzene rings is 2. The van der Waals surface area contributed by atoms with Crippen LogP contribution < -0.4 is 4.74 Å². The van der Waals surface area contributed by atoms with Gasteiger partial charge in [0.05, 0.1) is 18.4 Å². The van der Waals surface area contributed by atoms with Crippen LogP contribution in [-0.4, -0.2) is 23.8 Å². The molecule has 0 aliphatic rings. The summed E-state index contributed by atoms with van der Waals surface area (Å²) in [6.07, 6.45) is 0. The van der Waals surface area contributed by atoms with Gasteiger partial charge in [0.25, 0.3) is 0 Å². The topological polar surface area (TPSA) is 48.4 Å². The number of methoxy groups -OCH3 is 1. The molecule has 1 heterocycles. The highest BCUT2D eigenvalue weighted by atomic mass is 35.5. The molecule has 2 aromatic carbocycles. The van der Waals surface area contributed by atoms with Crippen molar-refractivity contribution in [3.63, 3.8) is 0 Å². The fourth-order valence-corrected chi connectivity index (χ4v) is 3.15. The van der Waals surface area contributed by atoms with Crippen LogP contribution in [0, 0.1) is 0 Å². The predicted molar refractivity (Wildman–Crippen MR) is 100 cm³/mol. The minimum Gasteiger partial charge on any atom is -0.497 e. The van der Waals surface area contributed by atoms with E-state index in [4.69, 9.17) is 21.1 Å². The van der Waals surface area contributed by atoms with Gasteiger partial charge >= 0.3 is 5.97 Å². The summed E-state index contributed by atoms with van der Waals surface area (Å²) in [7, 11) is 1.62. The molecule has 0 spiro atoms. The molecule has 1 aromatic heterocycles. The summed E-state index contributed by atoms with van der Waals surface area (Å²) in [6, 6.07) is 17.1. The fraction of sp³-hybridized carbons (Fsp3) is 0.158. The smallest absolute Gasteiger partial charge is 0.316 e. The maximum atomic E-state index is 12.0. The van der Waals surface area contributed by atoms with Gasteiger partial charge in [0.15, 0.2) is 0 Å². The first kappa shape index (κ1) is 17.6. The molecule has 6 heteroatoms. The number of thioether (sulfide) groups is 1. The molecule has 0 atom stereocenters. The van der Waals surface area contributed by atoms with E-state index in [9.17, 15) is 4.79 Å². The molecular formula is C19H16ClNO3S. The molecule has 3 aromatic rings. The summed E-state index contributed by atoms with van der Waals surface area (Å²) in [5.41, 5.74) is 1.51. The third-order valence-corrected chi connectivity index (χ3v) is 4.87. The summed E-state index contributed by atoms with van der Waals surface area (Å²) < 4.78 is 10.4. The summed E-state index contributed by atoms with van der Waals surface area (Å²) >= 11 is 7.58. The van der Waals surface area contributed by atoms with Gasteiger partial charge in [0.1, 0.15) is 17.5 Å². The van der Waals surface area contributed by atoms with Gasteiger partial charge in [-0.15, -0.1) is 11.8 Å². The van der Waals surface area contributed by atoms with Crippen LogP contribution in [0.25, 0.3) is 10.9 Å². The second kappa shape index (κ2) is 8.23. The lowest BCUT2D eigenvalue weighted by Crippen LogP contribution is -2.07. The van der Waals surface area contributed by atoms with Crippen LogP contribution >= 0.6 is 23.4 Å². The van der Waals surface area contributed by atoms with Gasteiger partial charge in [-0.05, 0) is 36.4 Å². The van der Waals surface area contributed by atoms with Crippen molar-refractivity contribution in [3.05, 3.63) is 65.3 Å². The van der Waals surface area contributed by atoms with Gasteiger partial charge < -0.3 is 9.47 Å². The number of esters is 1. The number of fused-ring (bicyclic) bond motifs is 1. The number of hydrogen-bond acceptors (Lipinski definition) is 5. The quantitative estimate of drug-likeness (QED) is 0.355. The molecule has 0 radical (unpaired) electrons. The SMILES string of the molecule is COc1ccc(SCC(=O)OCc2cc3ccccc3nc2Cl)cc1. The van der Waals surface area contributed by atoms with Gasteiger partial charge in [-0.1, -0.05) is 29.8 Å². The largest absolute Gasteiger partial charge is 0.497 e. The molecule has 0 saturated carbocycles. The van der Waals surface area contributed by atoms with Crippen molar-refractivity contribution in [1.29, 1.82) is 0 Å². The minimum atomic E-state index is -0.301. The van der Waals surface area contributed by atoms with E-state index in [1.807, 2.05) is 54.6 Å². The Morgan fingerprint density at radius 1 is 1.16 bits per heavy atom. The maximum Gasteiger partial charge on any atom is 0.316 e. The Bertz CT molecular complexity index is 883. The third kappa shape index (κ3) is 4.65. The molecule has 0 aliphatic heterocycles. The normalized spacial score (nSPS) is 10.6. The highest BCUT2D eigenvalue weighted by Gasteiger charge is 2.09. The first-order valence-corrected chi connectivity index (χ1v) is 8.99. The summed E-state index contributed by atoms with van der Waals surface area (Å²) in [5, 5.41) is 1.32. The van der Waals surface area contributed by atoms with Gasteiger partial charge in [0.2, 0.25) is 0 Å². The second-order valence-corrected chi connectivity index (χ2v) is 6.66. The van der Waals surface area contributed by atoms with Crippen molar-refractivity contribution in [1.82, 2.24) is 4.98 Å². The molecule has 25 heavy (non-hydrogen) atoms. The van der Waals surface area contributed by atoms with Crippen molar-refractivity contribution in [2.45, 2.75) is 11.5 Å². The van der Waals surface area contributed by atoms with E-state index in [1.54, 1.807) is 7.11 Å². The van der Waals surface area contributed by atoms with E-state index < -0.39 is 0 Å². The average molecular weight is 374 g/mol. The number of ether oxygens (including phenoxy) is 2. The fourth-order valence-electron chi connectivity index (χ4n) is 2.25. The van der Waals surface area contributed by atoms with Gasteiger partial charge in [0, 0.05) is 15.8 Å². The van der Waals surface area contributed by atoms with Crippen LogP contribution in [0.2, 0.25) is 5.15 Å². The summed E-state index contributed by atoms with van der Waals surface area (Å²) in [5.74, 6) is 0.709. The highest BCUT2D eigenvalue weighted by molar-refractivity contribution is 8.00. The molecule has 4 nitrogen and oxygen atoms in total. The van der Waals surface area contributed by atoms with Crippen LogP contribution in [0.5, 0.6) is 5.75 Å². The molecule has 0 bridgehead atoms. The van der Waals surface area contributed by atoms with E-state index in [0.29, 0.717) is 10.7 Å². The van der Waals surface area contributed by atoms with E-state index in [0.717, 1.165) is 21.5 Å². The number of carbonyl (C=O) groups is 1. The zero-order chi connectivity index (χ0) is 17.6. The molecule has 0 unspecified atom stereocenters. The molecule has 0 amide bonds. The van der Waals surface area contributed by atoms with Crippen molar-refractivity contribution in [2.75, 3.05) is 12.9 Å². The Balaban J connectivity index is 1.55.